The van der Waals surface area contributed by atoms with E-state index >= 15 is 0 Å². The van der Waals surface area contributed by atoms with Crippen LogP contribution in [-0.4, -0.2) is 32.8 Å². The second kappa shape index (κ2) is 7.83. The summed E-state index contributed by atoms with van der Waals surface area (Å²) in [6.07, 6.45) is 9.50. The number of amides is 1. The lowest BCUT2D eigenvalue weighted by molar-refractivity contribution is -0.699. The smallest absolute Gasteiger partial charge is 0.233 e. The Kier molecular flexibility index (Phi) is 4.80. The highest BCUT2D eigenvalue weighted by Gasteiger charge is 2.39. The van der Waals surface area contributed by atoms with Crippen LogP contribution in [0, 0.1) is 11.8 Å². The third-order valence-electron chi connectivity index (χ3n) is 6.32. The highest BCUT2D eigenvalue weighted by molar-refractivity contribution is 7.97. The number of nitrogens with one attached hydrogen (secondary N) is 4. The molecule has 8 nitrogen and oxygen atoms in total. The second-order valence-electron chi connectivity index (χ2n) is 8.96. The number of quaternary nitrogens is 1. The van der Waals surface area contributed by atoms with Gasteiger partial charge in [0.05, 0.1) is 12.4 Å². The lowest BCUT2D eigenvalue weighted by atomic mass is 10.3. The molecule has 3 atom stereocenters. The average Bonchev–Trinajstić information content (AvgIpc) is 3.66. The van der Waals surface area contributed by atoms with Crippen LogP contribution in [0.15, 0.2) is 64.6 Å². The molecule has 4 N–H and O–H groups in total. The van der Waals surface area contributed by atoms with Crippen LogP contribution in [0.3, 0.4) is 0 Å². The molecule has 1 aromatic heterocycles. The van der Waals surface area contributed by atoms with Gasteiger partial charge in [0.1, 0.15) is 12.7 Å². The zero-order chi connectivity index (χ0) is 21.7. The first kappa shape index (κ1) is 19.6. The Morgan fingerprint density at radius 2 is 2.09 bits per heavy atom. The van der Waals surface area contributed by atoms with Crippen molar-refractivity contribution in [2.45, 2.75) is 37.0 Å². The zero-order valence-electron chi connectivity index (χ0n) is 17.8. The van der Waals surface area contributed by atoms with Crippen LogP contribution in [0.4, 0.5) is 11.5 Å². The summed E-state index contributed by atoms with van der Waals surface area (Å²) in [7, 11) is 0. The highest BCUT2D eigenvalue weighted by Crippen LogP contribution is 2.40. The van der Waals surface area contributed by atoms with Gasteiger partial charge < -0.3 is 5.32 Å². The molecule has 32 heavy (non-hydrogen) atoms. The minimum absolute atomic E-state index is 0.130. The van der Waals surface area contributed by atoms with Crippen molar-refractivity contribution in [3.63, 3.8) is 0 Å². The van der Waals surface area contributed by atoms with Crippen molar-refractivity contribution in [3.05, 3.63) is 60.4 Å². The van der Waals surface area contributed by atoms with Gasteiger partial charge in [0.15, 0.2) is 5.82 Å². The number of fused-ring (bicyclic) bond motifs is 1. The van der Waals surface area contributed by atoms with Crippen molar-refractivity contribution in [2.24, 2.45) is 16.8 Å². The van der Waals surface area contributed by atoms with Gasteiger partial charge in [0, 0.05) is 34.2 Å². The first-order valence-electron chi connectivity index (χ1n) is 11.1. The molecular formula is C23H26N7OS+. The Labute approximate surface area is 191 Å². The molecule has 164 valence electrons. The Morgan fingerprint density at radius 3 is 2.84 bits per heavy atom. The minimum atomic E-state index is 0.130. The first-order chi connectivity index (χ1) is 15.6. The number of aromatic nitrogens is 2. The van der Waals surface area contributed by atoms with Crippen molar-refractivity contribution < 1.29 is 9.69 Å². The van der Waals surface area contributed by atoms with E-state index in [4.69, 9.17) is 0 Å². The molecule has 1 amide bonds. The van der Waals surface area contributed by atoms with Crippen LogP contribution in [0.2, 0.25) is 0 Å². The summed E-state index contributed by atoms with van der Waals surface area (Å²) in [5, 5.41) is 14.1. The second-order valence-corrected chi connectivity index (χ2v) is 10.1. The van der Waals surface area contributed by atoms with Gasteiger partial charge in [-0.3, -0.25) is 19.5 Å². The van der Waals surface area contributed by atoms with E-state index < -0.39 is 0 Å². The normalized spacial score (nSPS) is 25.8. The molecule has 4 aliphatic rings. The number of hydrogen-bond acceptors (Lipinski definition) is 6. The molecule has 0 bridgehead atoms. The number of carbonyl (C=O) groups excluding carboxylic acids is 1. The molecule has 0 saturated heterocycles. The number of aliphatic imine (C=N–C) groups is 1. The molecule has 0 radical (unpaired) electrons. The number of nitrogens with zero attached hydrogens (tertiary/aromatic N) is 3. The van der Waals surface area contributed by atoms with Gasteiger partial charge in [-0.05, 0) is 61.4 Å². The molecule has 2 fully saturated rings. The fourth-order valence-corrected chi connectivity index (χ4v) is 4.98. The Bertz CT molecular complexity index is 1130. The van der Waals surface area contributed by atoms with Crippen molar-refractivity contribution in [1.82, 2.24) is 14.5 Å². The SMILES string of the molecule is CC1CC1C(=O)Nc1ccc(SN2C=C(Nc3cc(C4CC4)[nH]n3)[NH+]3C=CN=C3C2)cc1. The van der Waals surface area contributed by atoms with E-state index in [0.717, 1.165) is 45.9 Å². The summed E-state index contributed by atoms with van der Waals surface area (Å²) >= 11 is 1.65. The van der Waals surface area contributed by atoms with Crippen LogP contribution < -0.4 is 15.5 Å². The molecule has 3 unspecified atom stereocenters. The van der Waals surface area contributed by atoms with E-state index in [1.807, 2.05) is 36.7 Å². The predicted molar refractivity (Wildman–Crippen MR) is 125 cm³/mol. The Balaban J connectivity index is 1.14. The lowest BCUT2D eigenvalue weighted by Crippen LogP contribution is -3.10. The zero-order valence-corrected chi connectivity index (χ0v) is 18.7. The van der Waals surface area contributed by atoms with E-state index in [1.54, 1.807) is 11.9 Å². The molecule has 6 rings (SSSR count). The number of anilines is 2. The van der Waals surface area contributed by atoms with Crippen molar-refractivity contribution in [3.8, 4) is 0 Å². The van der Waals surface area contributed by atoms with Gasteiger partial charge in [-0.15, -0.1) is 0 Å². The van der Waals surface area contributed by atoms with Crippen LogP contribution in [-0.2, 0) is 4.79 Å². The molecule has 9 heteroatoms. The van der Waals surface area contributed by atoms with Crippen molar-refractivity contribution in [2.75, 3.05) is 17.2 Å². The van der Waals surface area contributed by atoms with Crippen molar-refractivity contribution in [1.29, 1.82) is 0 Å². The maximum Gasteiger partial charge on any atom is 0.233 e. The predicted octanol–water partition coefficient (Wildman–Crippen LogP) is 2.88. The van der Waals surface area contributed by atoms with Gasteiger partial charge in [0.25, 0.3) is 0 Å². The van der Waals surface area contributed by atoms with Crippen LogP contribution >= 0.6 is 11.9 Å². The summed E-state index contributed by atoms with van der Waals surface area (Å²) in [6.45, 7) is 2.84. The summed E-state index contributed by atoms with van der Waals surface area (Å²) in [4.78, 5) is 18.9. The summed E-state index contributed by atoms with van der Waals surface area (Å²) in [5.74, 6) is 4.33. The van der Waals surface area contributed by atoms with Gasteiger partial charge in [-0.1, -0.05) is 6.92 Å². The number of amidine groups is 1. The molecule has 0 spiro atoms. The first-order valence-corrected chi connectivity index (χ1v) is 11.9. The largest absolute Gasteiger partial charge is 0.326 e. The number of aromatic amines is 1. The molecule has 2 saturated carbocycles. The van der Waals surface area contributed by atoms with Gasteiger partial charge in [0.2, 0.25) is 17.6 Å². The van der Waals surface area contributed by atoms with E-state index in [-0.39, 0.29) is 11.8 Å². The van der Waals surface area contributed by atoms with Gasteiger partial charge >= 0.3 is 0 Å². The number of hydrogen-bond donors (Lipinski definition) is 4. The van der Waals surface area contributed by atoms with E-state index in [9.17, 15) is 4.79 Å². The average molecular weight is 449 g/mol. The number of carbonyl (C=O) groups is 1. The maximum atomic E-state index is 12.2. The van der Waals surface area contributed by atoms with Crippen LogP contribution in [0.25, 0.3) is 0 Å². The summed E-state index contributed by atoms with van der Waals surface area (Å²) in [5.41, 5.74) is 2.05. The number of H-pyrrole nitrogens is 1. The molecule has 2 aliphatic heterocycles. The maximum absolute atomic E-state index is 12.2. The quantitative estimate of drug-likeness (QED) is 0.489. The standard InChI is InChI=1S/C23H25N7OS/c1-14-10-18(14)23(31)25-16-4-6-17(7-5-16)32-29-12-21-24-8-9-30(21)22(13-29)26-20-11-19(27-28-20)15-2-3-15/h4-9,11,13-15,18H,2-3,10,12H2,1H3,(H,25,31)(H2,26,27,28)/p+1. The highest BCUT2D eigenvalue weighted by atomic mass is 32.2. The van der Waals surface area contributed by atoms with E-state index in [0.29, 0.717) is 11.8 Å². The molecule has 3 heterocycles. The van der Waals surface area contributed by atoms with E-state index in [1.165, 1.54) is 18.5 Å². The fourth-order valence-electron chi connectivity index (χ4n) is 4.10. The summed E-state index contributed by atoms with van der Waals surface area (Å²) in [6, 6.07) is 10.1. The Morgan fingerprint density at radius 1 is 1.28 bits per heavy atom. The minimum Gasteiger partial charge on any atom is -0.326 e. The fraction of sp³-hybridized carbons (Fsp3) is 0.348. The Hall–Kier alpha value is -3.04. The third kappa shape index (κ3) is 4.05. The van der Waals surface area contributed by atoms with Gasteiger partial charge in [-0.2, -0.15) is 5.10 Å². The third-order valence-corrected chi connectivity index (χ3v) is 7.27. The topological polar surface area (TPSA) is 89.9 Å². The lowest BCUT2D eigenvalue weighted by Gasteiger charge is -2.27. The monoisotopic (exact) mass is 448 g/mol. The number of benzene rings is 1. The van der Waals surface area contributed by atoms with Gasteiger partial charge in [-0.25, -0.2) is 9.89 Å². The van der Waals surface area contributed by atoms with Crippen LogP contribution in [0.1, 0.15) is 37.8 Å². The molecule has 2 aliphatic carbocycles. The summed E-state index contributed by atoms with van der Waals surface area (Å²) < 4.78 is 2.17. The van der Waals surface area contributed by atoms with E-state index in [2.05, 4.69) is 49.3 Å². The molecular weight excluding hydrogens is 422 g/mol. The molecule has 2 aromatic rings. The van der Waals surface area contributed by atoms with Crippen LogP contribution in [0.5, 0.6) is 0 Å². The number of rotatable bonds is 7. The van der Waals surface area contributed by atoms with Crippen molar-refractivity contribution >= 4 is 35.2 Å². The molecule has 1 aromatic carbocycles.